The molecule has 1 aromatic carbocycles. The summed E-state index contributed by atoms with van der Waals surface area (Å²) in [5, 5.41) is 0. The van der Waals surface area contributed by atoms with Crippen LogP contribution in [0.3, 0.4) is 0 Å². The van der Waals surface area contributed by atoms with Crippen molar-refractivity contribution in [3.63, 3.8) is 0 Å². The third kappa shape index (κ3) is 5.81. The highest BCUT2D eigenvalue weighted by Crippen LogP contribution is 2.12. The van der Waals surface area contributed by atoms with Gasteiger partial charge in [-0.3, -0.25) is 0 Å². The summed E-state index contributed by atoms with van der Waals surface area (Å²) in [6.07, 6.45) is 5.03. The average Bonchev–Trinajstić information content (AvgIpc) is 2.51. The van der Waals surface area contributed by atoms with E-state index in [9.17, 15) is 9.59 Å². The predicted octanol–water partition coefficient (Wildman–Crippen LogP) is 3.77. The van der Waals surface area contributed by atoms with Gasteiger partial charge in [0.2, 0.25) is 0 Å². The fraction of sp³-hybridized carbons (Fsp3) is 0.412. The molecule has 0 fully saturated rings. The minimum absolute atomic E-state index is 0.248. The van der Waals surface area contributed by atoms with Crippen molar-refractivity contribution in [2.75, 3.05) is 13.2 Å². The molecule has 1 aromatic rings. The van der Waals surface area contributed by atoms with Gasteiger partial charge >= 0.3 is 11.9 Å². The molecule has 0 heterocycles. The number of rotatable bonds is 9. The summed E-state index contributed by atoms with van der Waals surface area (Å²) < 4.78 is 10.3. The maximum atomic E-state index is 12.0. The van der Waals surface area contributed by atoms with Crippen LogP contribution in [0.2, 0.25) is 0 Å². The zero-order chi connectivity index (χ0) is 15.5. The van der Waals surface area contributed by atoms with Crippen LogP contribution in [0.5, 0.6) is 0 Å². The first-order valence-electron chi connectivity index (χ1n) is 7.24. The van der Waals surface area contributed by atoms with Crippen molar-refractivity contribution in [3.8, 4) is 0 Å². The lowest BCUT2D eigenvalue weighted by atomic mass is 10.1. The van der Waals surface area contributed by atoms with Gasteiger partial charge in [0.15, 0.2) is 0 Å². The maximum Gasteiger partial charge on any atom is 0.339 e. The summed E-state index contributed by atoms with van der Waals surface area (Å²) in [6.45, 7) is 6.29. The van der Waals surface area contributed by atoms with E-state index in [1.807, 2.05) is 6.92 Å². The molecule has 4 nitrogen and oxygen atoms in total. The first-order chi connectivity index (χ1) is 10.2. The van der Waals surface area contributed by atoms with Gasteiger partial charge in [0.25, 0.3) is 0 Å². The lowest BCUT2D eigenvalue weighted by Gasteiger charge is -2.09. The molecule has 0 N–H and O–H groups in total. The molecule has 0 spiro atoms. The summed E-state index contributed by atoms with van der Waals surface area (Å²) in [7, 11) is 0. The Balaban J connectivity index is 2.67. The smallest absolute Gasteiger partial charge is 0.339 e. The van der Waals surface area contributed by atoms with E-state index >= 15 is 0 Å². The second-order valence-electron chi connectivity index (χ2n) is 4.60. The highest BCUT2D eigenvalue weighted by molar-refractivity contribution is 6.03. The average molecular weight is 290 g/mol. The monoisotopic (exact) mass is 290 g/mol. The van der Waals surface area contributed by atoms with E-state index < -0.39 is 11.9 Å². The van der Waals surface area contributed by atoms with E-state index in [4.69, 9.17) is 9.47 Å². The quantitative estimate of drug-likeness (QED) is 0.395. The molecule has 0 radical (unpaired) electrons. The number of ether oxygens (including phenoxy) is 2. The summed E-state index contributed by atoms with van der Waals surface area (Å²) in [6, 6.07) is 6.55. The number of carbonyl (C=O) groups excluding carboxylic acids is 2. The summed E-state index contributed by atoms with van der Waals surface area (Å²) >= 11 is 0. The molecule has 0 aromatic heterocycles. The van der Waals surface area contributed by atoms with Crippen LogP contribution in [0.4, 0.5) is 0 Å². The van der Waals surface area contributed by atoms with E-state index in [2.05, 4.69) is 6.58 Å². The highest BCUT2D eigenvalue weighted by atomic mass is 16.5. The van der Waals surface area contributed by atoms with Crippen molar-refractivity contribution in [1.29, 1.82) is 0 Å². The molecule has 4 heteroatoms. The van der Waals surface area contributed by atoms with E-state index in [-0.39, 0.29) is 11.1 Å². The van der Waals surface area contributed by atoms with Crippen LogP contribution < -0.4 is 0 Å². The van der Waals surface area contributed by atoms with Crippen LogP contribution in [0, 0.1) is 0 Å². The zero-order valence-electron chi connectivity index (χ0n) is 12.5. The van der Waals surface area contributed by atoms with Crippen molar-refractivity contribution in [2.24, 2.45) is 0 Å². The fourth-order valence-corrected chi connectivity index (χ4v) is 1.70. The Hall–Kier alpha value is -2.10. The molecular weight excluding hydrogens is 268 g/mol. The molecule has 0 amide bonds. The predicted molar refractivity (Wildman–Crippen MR) is 81.3 cm³/mol. The van der Waals surface area contributed by atoms with Crippen molar-refractivity contribution >= 4 is 11.9 Å². The Morgan fingerprint density at radius 3 is 2.05 bits per heavy atom. The summed E-state index contributed by atoms with van der Waals surface area (Å²) in [5.41, 5.74) is 0.500. The first-order valence-corrected chi connectivity index (χ1v) is 7.24. The van der Waals surface area contributed by atoms with Crippen LogP contribution in [-0.4, -0.2) is 25.2 Å². The standard InChI is InChI=1S/C17H22O4/c1-3-5-9-13-21-17(19)15-11-8-7-10-14(15)16(18)20-12-6-4-2/h3,7-8,10-11H,1,4-6,9,12-13H2,2H3. The fourth-order valence-electron chi connectivity index (χ4n) is 1.70. The highest BCUT2D eigenvalue weighted by Gasteiger charge is 2.18. The number of esters is 2. The Morgan fingerprint density at radius 1 is 1.05 bits per heavy atom. The number of allylic oxidation sites excluding steroid dienone is 1. The minimum atomic E-state index is -0.498. The van der Waals surface area contributed by atoms with E-state index in [1.165, 1.54) is 0 Å². The molecule has 0 aliphatic heterocycles. The second kappa shape index (κ2) is 9.75. The minimum Gasteiger partial charge on any atom is -0.462 e. The molecule has 1 rings (SSSR count). The normalized spacial score (nSPS) is 9.95. The van der Waals surface area contributed by atoms with Crippen molar-refractivity contribution < 1.29 is 19.1 Å². The molecule has 0 unspecified atom stereocenters. The van der Waals surface area contributed by atoms with E-state index in [1.54, 1.807) is 30.3 Å². The Bertz CT molecular complexity index is 479. The number of hydrogen-bond acceptors (Lipinski definition) is 4. The second-order valence-corrected chi connectivity index (χ2v) is 4.60. The van der Waals surface area contributed by atoms with Gasteiger partial charge < -0.3 is 9.47 Å². The lowest BCUT2D eigenvalue weighted by molar-refractivity contribution is 0.0453. The molecule has 21 heavy (non-hydrogen) atoms. The van der Waals surface area contributed by atoms with Gasteiger partial charge in [0, 0.05) is 0 Å². The van der Waals surface area contributed by atoms with Crippen LogP contribution >= 0.6 is 0 Å². The summed E-state index contributed by atoms with van der Waals surface area (Å²) in [4.78, 5) is 24.0. The number of benzene rings is 1. The Kier molecular flexibility index (Phi) is 7.87. The molecule has 114 valence electrons. The molecular formula is C17H22O4. The maximum absolute atomic E-state index is 12.0. The molecule has 0 atom stereocenters. The van der Waals surface area contributed by atoms with Crippen LogP contribution in [0.1, 0.15) is 53.3 Å². The van der Waals surface area contributed by atoms with E-state index in [0.717, 1.165) is 25.7 Å². The van der Waals surface area contributed by atoms with Crippen molar-refractivity contribution in [3.05, 3.63) is 48.0 Å². The van der Waals surface area contributed by atoms with Gasteiger partial charge in [-0.05, 0) is 31.4 Å². The largest absolute Gasteiger partial charge is 0.462 e. The SMILES string of the molecule is C=CCCCOC(=O)c1ccccc1C(=O)OCCCC. The lowest BCUT2D eigenvalue weighted by Crippen LogP contribution is -2.14. The number of hydrogen-bond donors (Lipinski definition) is 0. The third-order valence-corrected chi connectivity index (χ3v) is 2.88. The van der Waals surface area contributed by atoms with Gasteiger partial charge in [-0.2, -0.15) is 0 Å². The zero-order valence-corrected chi connectivity index (χ0v) is 12.5. The summed E-state index contributed by atoms with van der Waals surface area (Å²) in [5.74, 6) is -0.982. The molecule has 0 saturated carbocycles. The molecule has 0 aliphatic carbocycles. The number of carbonyl (C=O) groups is 2. The first kappa shape index (κ1) is 17.0. The topological polar surface area (TPSA) is 52.6 Å². The van der Waals surface area contributed by atoms with Gasteiger partial charge in [0.05, 0.1) is 24.3 Å². The third-order valence-electron chi connectivity index (χ3n) is 2.88. The Labute approximate surface area is 125 Å². The van der Waals surface area contributed by atoms with Crippen molar-refractivity contribution in [1.82, 2.24) is 0 Å². The van der Waals surface area contributed by atoms with Gasteiger partial charge in [-0.25, -0.2) is 9.59 Å². The van der Waals surface area contributed by atoms with Gasteiger partial charge in [-0.15, -0.1) is 6.58 Å². The molecule has 0 bridgehead atoms. The number of unbranched alkanes of at least 4 members (excludes halogenated alkanes) is 2. The van der Waals surface area contributed by atoms with E-state index in [0.29, 0.717) is 13.2 Å². The van der Waals surface area contributed by atoms with Crippen LogP contribution in [0.25, 0.3) is 0 Å². The molecule has 0 aliphatic rings. The van der Waals surface area contributed by atoms with Crippen LogP contribution in [0.15, 0.2) is 36.9 Å². The Morgan fingerprint density at radius 2 is 1.57 bits per heavy atom. The van der Waals surface area contributed by atoms with Crippen molar-refractivity contribution in [2.45, 2.75) is 32.6 Å². The molecule has 0 saturated heterocycles. The van der Waals surface area contributed by atoms with Gasteiger partial charge in [0.1, 0.15) is 0 Å². The van der Waals surface area contributed by atoms with Gasteiger partial charge in [-0.1, -0.05) is 31.6 Å². The van der Waals surface area contributed by atoms with Crippen LogP contribution in [-0.2, 0) is 9.47 Å².